The minimum atomic E-state index is -0.475. The third-order valence-electron chi connectivity index (χ3n) is 2.99. The van der Waals surface area contributed by atoms with Gasteiger partial charge in [-0.25, -0.2) is 4.39 Å². The van der Waals surface area contributed by atoms with Gasteiger partial charge in [0.05, 0.1) is 22.3 Å². The SMILES string of the molecule is N#Cc1cccc2c1[nH]c(=S)n2-c1ccc(Cl)cc1F. The maximum Gasteiger partial charge on any atom is 0.182 e. The molecule has 1 N–H and O–H groups in total. The summed E-state index contributed by atoms with van der Waals surface area (Å²) in [6.07, 6.45) is 0. The molecule has 3 nitrogen and oxygen atoms in total. The number of nitrogens with one attached hydrogen (secondary N) is 1. The van der Waals surface area contributed by atoms with E-state index in [1.165, 1.54) is 6.07 Å². The highest BCUT2D eigenvalue weighted by molar-refractivity contribution is 7.71. The van der Waals surface area contributed by atoms with Gasteiger partial charge < -0.3 is 4.98 Å². The van der Waals surface area contributed by atoms with Gasteiger partial charge in [0, 0.05) is 5.02 Å². The summed E-state index contributed by atoms with van der Waals surface area (Å²) >= 11 is 11.0. The number of hydrogen-bond acceptors (Lipinski definition) is 2. The van der Waals surface area contributed by atoms with E-state index in [4.69, 9.17) is 29.1 Å². The number of nitriles is 1. The lowest BCUT2D eigenvalue weighted by Gasteiger charge is -2.06. The molecule has 0 aliphatic heterocycles. The highest BCUT2D eigenvalue weighted by Gasteiger charge is 2.13. The van der Waals surface area contributed by atoms with Crippen LogP contribution in [-0.2, 0) is 0 Å². The number of halogens is 2. The summed E-state index contributed by atoms with van der Waals surface area (Å²) in [5.74, 6) is -0.475. The number of H-pyrrole nitrogens is 1. The Kier molecular flexibility index (Phi) is 3.05. The van der Waals surface area contributed by atoms with Crippen molar-refractivity contribution in [1.82, 2.24) is 9.55 Å². The molecule has 6 heteroatoms. The monoisotopic (exact) mass is 303 g/mol. The summed E-state index contributed by atoms with van der Waals surface area (Å²) in [5.41, 5.74) is 1.99. The second-order valence-corrected chi connectivity index (χ2v) is 5.00. The van der Waals surface area contributed by atoms with E-state index in [9.17, 15) is 4.39 Å². The summed E-state index contributed by atoms with van der Waals surface area (Å²) in [4.78, 5) is 2.94. The third kappa shape index (κ3) is 1.90. The number of nitrogens with zero attached hydrogens (tertiary/aromatic N) is 2. The van der Waals surface area contributed by atoms with Crippen LogP contribution in [0.5, 0.6) is 0 Å². The molecule has 0 saturated carbocycles. The quantitative estimate of drug-likeness (QED) is 0.679. The lowest BCUT2D eigenvalue weighted by Crippen LogP contribution is -1.97. The van der Waals surface area contributed by atoms with Crippen molar-refractivity contribution < 1.29 is 4.39 Å². The molecule has 0 atom stereocenters. The first-order chi connectivity index (χ1) is 9.61. The highest BCUT2D eigenvalue weighted by atomic mass is 35.5. The number of imidazole rings is 1. The van der Waals surface area contributed by atoms with Crippen LogP contribution in [0.2, 0.25) is 5.02 Å². The molecule has 0 saturated heterocycles. The van der Waals surface area contributed by atoms with Crippen molar-refractivity contribution in [3.05, 3.63) is 57.6 Å². The van der Waals surface area contributed by atoms with Crippen molar-refractivity contribution in [3.63, 3.8) is 0 Å². The number of aromatic amines is 1. The highest BCUT2D eigenvalue weighted by Crippen LogP contribution is 2.25. The number of benzene rings is 2. The van der Waals surface area contributed by atoms with Crippen LogP contribution in [0.25, 0.3) is 16.7 Å². The van der Waals surface area contributed by atoms with Crippen molar-refractivity contribution >= 4 is 34.9 Å². The summed E-state index contributed by atoms with van der Waals surface area (Å²) < 4.78 is 15.9. The van der Waals surface area contributed by atoms with Crippen LogP contribution in [0.3, 0.4) is 0 Å². The van der Waals surface area contributed by atoms with Gasteiger partial charge in [-0.2, -0.15) is 5.26 Å². The van der Waals surface area contributed by atoms with Crippen LogP contribution in [0.1, 0.15) is 5.56 Å². The Balaban J connectivity index is 2.41. The maximum atomic E-state index is 14.1. The number of fused-ring (bicyclic) bond motifs is 1. The Bertz CT molecular complexity index is 920. The molecule has 20 heavy (non-hydrogen) atoms. The smallest absolute Gasteiger partial charge is 0.182 e. The van der Waals surface area contributed by atoms with E-state index < -0.39 is 5.82 Å². The fraction of sp³-hybridized carbons (Fsp3) is 0. The Hall–Kier alpha value is -2.16. The van der Waals surface area contributed by atoms with Gasteiger partial charge in [0.1, 0.15) is 11.9 Å². The van der Waals surface area contributed by atoms with E-state index >= 15 is 0 Å². The minimum absolute atomic E-state index is 0.292. The topological polar surface area (TPSA) is 44.5 Å². The van der Waals surface area contributed by atoms with Crippen molar-refractivity contribution in [2.24, 2.45) is 0 Å². The second-order valence-electron chi connectivity index (χ2n) is 4.17. The number of rotatable bonds is 1. The second kappa shape index (κ2) is 4.75. The van der Waals surface area contributed by atoms with Gasteiger partial charge in [-0.1, -0.05) is 17.7 Å². The summed E-state index contributed by atoms with van der Waals surface area (Å²) in [5, 5.41) is 9.41. The number of para-hydroxylation sites is 1. The van der Waals surface area contributed by atoms with Crippen molar-refractivity contribution in [1.29, 1.82) is 5.26 Å². The number of hydrogen-bond donors (Lipinski definition) is 1. The molecule has 0 fully saturated rings. The normalized spacial score (nSPS) is 10.7. The third-order valence-corrected chi connectivity index (χ3v) is 3.51. The molecule has 0 radical (unpaired) electrons. The van der Waals surface area contributed by atoms with E-state index in [1.807, 2.05) is 0 Å². The predicted molar refractivity (Wildman–Crippen MR) is 78.1 cm³/mol. The molecule has 0 aliphatic carbocycles. The van der Waals surface area contributed by atoms with Crippen molar-refractivity contribution in [2.45, 2.75) is 0 Å². The zero-order chi connectivity index (χ0) is 14.3. The van der Waals surface area contributed by atoms with Gasteiger partial charge in [-0.05, 0) is 42.5 Å². The first-order valence-electron chi connectivity index (χ1n) is 5.71. The summed E-state index contributed by atoms with van der Waals surface area (Å²) in [6, 6.07) is 11.6. The molecular formula is C14H7ClFN3S. The zero-order valence-electron chi connectivity index (χ0n) is 10.0. The van der Waals surface area contributed by atoms with Crippen LogP contribution in [0.4, 0.5) is 4.39 Å². The molecule has 3 aromatic rings. The van der Waals surface area contributed by atoms with Gasteiger partial charge in [0.2, 0.25) is 0 Å². The standard InChI is InChI=1S/C14H7ClFN3S/c15-9-4-5-11(10(16)6-9)19-12-3-1-2-8(7-17)13(12)18-14(19)20/h1-6H,(H,18,20). The van der Waals surface area contributed by atoms with E-state index in [1.54, 1.807) is 34.9 Å². The van der Waals surface area contributed by atoms with Crippen LogP contribution in [0, 0.1) is 21.9 Å². The molecule has 98 valence electrons. The molecule has 0 bridgehead atoms. The number of aromatic nitrogens is 2. The van der Waals surface area contributed by atoms with Gasteiger partial charge >= 0.3 is 0 Å². The van der Waals surface area contributed by atoms with Crippen LogP contribution >= 0.6 is 23.8 Å². The van der Waals surface area contributed by atoms with Gasteiger partial charge in [0.15, 0.2) is 4.77 Å². The van der Waals surface area contributed by atoms with Gasteiger partial charge in [-0.15, -0.1) is 0 Å². The van der Waals surface area contributed by atoms with Crippen LogP contribution in [0.15, 0.2) is 36.4 Å². The Labute approximate surface area is 123 Å². The fourth-order valence-electron chi connectivity index (χ4n) is 2.13. The lowest BCUT2D eigenvalue weighted by atomic mass is 10.2. The van der Waals surface area contributed by atoms with Crippen LogP contribution in [-0.4, -0.2) is 9.55 Å². The molecule has 0 spiro atoms. The maximum absolute atomic E-state index is 14.1. The first-order valence-corrected chi connectivity index (χ1v) is 6.49. The van der Waals surface area contributed by atoms with Crippen molar-refractivity contribution in [3.8, 4) is 11.8 Å². The Morgan fingerprint density at radius 3 is 2.80 bits per heavy atom. The fourth-order valence-corrected chi connectivity index (χ4v) is 2.58. The van der Waals surface area contributed by atoms with Crippen LogP contribution < -0.4 is 0 Å². The van der Waals surface area contributed by atoms with Gasteiger partial charge in [0.25, 0.3) is 0 Å². The molecule has 0 aliphatic rings. The van der Waals surface area contributed by atoms with Crippen molar-refractivity contribution in [2.75, 3.05) is 0 Å². The minimum Gasteiger partial charge on any atom is -0.329 e. The van der Waals surface area contributed by atoms with E-state index in [0.717, 1.165) is 0 Å². The first kappa shape index (κ1) is 12.9. The molecule has 3 rings (SSSR count). The summed E-state index contributed by atoms with van der Waals surface area (Å²) in [7, 11) is 0. The molecule has 1 aromatic heterocycles. The largest absolute Gasteiger partial charge is 0.329 e. The molecule has 1 heterocycles. The zero-order valence-corrected chi connectivity index (χ0v) is 11.6. The predicted octanol–water partition coefficient (Wildman–Crippen LogP) is 4.35. The molecule has 0 unspecified atom stereocenters. The van der Waals surface area contributed by atoms with E-state index in [2.05, 4.69) is 11.1 Å². The van der Waals surface area contributed by atoms with Gasteiger partial charge in [-0.3, -0.25) is 4.57 Å². The average molecular weight is 304 g/mol. The lowest BCUT2D eigenvalue weighted by molar-refractivity contribution is 0.619. The summed E-state index contributed by atoms with van der Waals surface area (Å²) in [6.45, 7) is 0. The molecule has 0 amide bonds. The van der Waals surface area contributed by atoms with E-state index in [-0.39, 0.29) is 0 Å². The molecular weight excluding hydrogens is 297 g/mol. The van der Waals surface area contributed by atoms with E-state index in [0.29, 0.717) is 32.1 Å². The Morgan fingerprint density at radius 1 is 1.30 bits per heavy atom. The Morgan fingerprint density at radius 2 is 2.10 bits per heavy atom. The average Bonchev–Trinajstić information content (AvgIpc) is 2.75. The molecule has 2 aromatic carbocycles.